The van der Waals surface area contributed by atoms with E-state index in [1.807, 2.05) is 56.3 Å². The quantitative estimate of drug-likeness (QED) is 0.719. The highest BCUT2D eigenvalue weighted by atomic mass is 16.7. The van der Waals surface area contributed by atoms with Crippen LogP contribution in [0.15, 0.2) is 54.9 Å². The normalized spacial score (nSPS) is 11.2. The summed E-state index contributed by atoms with van der Waals surface area (Å²) in [4.78, 5) is 16.3. The highest BCUT2D eigenvalue weighted by Crippen LogP contribution is 2.26. The van der Waals surface area contributed by atoms with Gasteiger partial charge in [0.15, 0.2) is 0 Å². The standard InChI is InChI=1S/C19H24N2O3/c1-3-23-19(24-4-2,17-10-12-20-13-11-17)15-21-18(22)14-16-8-6-5-7-9-16/h5-13H,3-4,14-15H2,1-2H3,(H,21,22). The first kappa shape index (κ1) is 18.1. The lowest BCUT2D eigenvalue weighted by atomic mass is 10.1. The number of nitrogens with zero attached hydrogens (tertiary/aromatic N) is 1. The average Bonchev–Trinajstić information content (AvgIpc) is 2.62. The van der Waals surface area contributed by atoms with Crippen LogP contribution in [0.4, 0.5) is 0 Å². The van der Waals surface area contributed by atoms with Crippen LogP contribution in [-0.2, 0) is 26.5 Å². The molecule has 5 heteroatoms. The highest BCUT2D eigenvalue weighted by molar-refractivity contribution is 5.78. The molecule has 0 fully saturated rings. The van der Waals surface area contributed by atoms with Gasteiger partial charge in [-0.2, -0.15) is 0 Å². The molecule has 1 aromatic heterocycles. The van der Waals surface area contributed by atoms with Gasteiger partial charge in [-0.25, -0.2) is 0 Å². The molecule has 0 atom stereocenters. The Morgan fingerprint density at radius 2 is 1.67 bits per heavy atom. The molecule has 0 aliphatic carbocycles. The number of ether oxygens (including phenoxy) is 2. The number of aromatic nitrogens is 1. The summed E-state index contributed by atoms with van der Waals surface area (Å²) in [5, 5.41) is 2.93. The van der Waals surface area contributed by atoms with Gasteiger partial charge in [-0.05, 0) is 31.5 Å². The van der Waals surface area contributed by atoms with E-state index < -0.39 is 5.79 Å². The van der Waals surface area contributed by atoms with Crippen LogP contribution in [0.2, 0.25) is 0 Å². The van der Waals surface area contributed by atoms with E-state index >= 15 is 0 Å². The first-order valence-corrected chi connectivity index (χ1v) is 8.19. The predicted octanol–water partition coefficient (Wildman–Crippen LogP) is 2.67. The first-order valence-electron chi connectivity index (χ1n) is 8.19. The van der Waals surface area contributed by atoms with E-state index in [1.165, 1.54) is 0 Å². The lowest BCUT2D eigenvalue weighted by Crippen LogP contribution is -2.45. The summed E-state index contributed by atoms with van der Waals surface area (Å²) in [7, 11) is 0. The Balaban J connectivity index is 2.09. The van der Waals surface area contributed by atoms with Crippen LogP contribution in [0.5, 0.6) is 0 Å². The molecule has 1 N–H and O–H groups in total. The summed E-state index contributed by atoms with van der Waals surface area (Å²) in [6, 6.07) is 13.3. The summed E-state index contributed by atoms with van der Waals surface area (Å²) in [6.07, 6.45) is 3.70. The van der Waals surface area contributed by atoms with Crippen molar-refractivity contribution in [3.63, 3.8) is 0 Å². The maximum absolute atomic E-state index is 12.3. The minimum Gasteiger partial charge on any atom is -0.350 e. The summed E-state index contributed by atoms with van der Waals surface area (Å²) in [6.45, 7) is 4.99. The van der Waals surface area contributed by atoms with Crippen molar-refractivity contribution < 1.29 is 14.3 Å². The predicted molar refractivity (Wildman–Crippen MR) is 92.3 cm³/mol. The van der Waals surface area contributed by atoms with Crippen LogP contribution >= 0.6 is 0 Å². The van der Waals surface area contributed by atoms with E-state index in [1.54, 1.807) is 12.4 Å². The van der Waals surface area contributed by atoms with Crippen molar-refractivity contribution >= 4 is 5.91 Å². The number of hydrogen-bond donors (Lipinski definition) is 1. The molecule has 1 heterocycles. The molecule has 1 aromatic carbocycles. The van der Waals surface area contributed by atoms with Crippen LogP contribution < -0.4 is 5.32 Å². The molecule has 0 saturated heterocycles. The minimum absolute atomic E-state index is 0.0703. The molecule has 0 bridgehead atoms. The van der Waals surface area contributed by atoms with Crippen LogP contribution in [0.25, 0.3) is 0 Å². The van der Waals surface area contributed by atoms with Crippen molar-refractivity contribution in [2.45, 2.75) is 26.1 Å². The molecular formula is C19H24N2O3. The fourth-order valence-corrected chi connectivity index (χ4v) is 2.54. The molecule has 2 aromatic rings. The van der Waals surface area contributed by atoms with Crippen LogP contribution in [0, 0.1) is 0 Å². The van der Waals surface area contributed by atoms with Gasteiger partial charge in [0, 0.05) is 31.2 Å². The molecule has 2 rings (SSSR count). The molecule has 24 heavy (non-hydrogen) atoms. The summed E-state index contributed by atoms with van der Waals surface area (Å²) in [5.74, 6) is -1.07. The lowest BCUT2D eigenvalue weighted by Gasteiger charge is -2.33. The average molecular weight is 328 g/mol. The van der Waals surface area contributed by atoms with Gasteiger partial charge in [0.25, 0.3) is 0 Å². The Labute approximate surface area is 143 Å². The Kier molecular flexibility index (Phi) is 6.90. The second-order valence-electron chi connectivity index (χ2n) is 5.29. The molecule has 0 saturated carbocycles. The monoisotopic (exact) mass is 328 g/mol. The van der Waals surface area contributed by atoms with E-state index in [-0.39, 0.29) is 12.5 Å². The van der Waals surface area contributed by atoms with Gasteiger partial charge in [-0.3, -0.25) is 9.78 Å². The fraction of sp³-hybridized carbons (Fsp3) is 0.368. The van der Waals surface area contributed by atoms with Gasteiger partial charge in [-0.15, -0.1) is 0 Å². The molecule has 0 unspecified atom stereocenters. The summed E-state index contributed by atoms with van der Waals surface area (Å²) in [5.41, 5.74) is 1.80. The number of amides is 1. The van der Waals surface area contributed by atoms with Crippen molar-refractivity contribution in [2.24, 2.45) is 0 Å². The molecule has 5 nitrogen and oxygen atoms in total. The number of carbonyl (C=O) groups is 1. The van der Waals surface area contributed by atoms with Crippen LogP contribution in [0.3, 0.4) is 0 Å². The van der Waals surface area contributed by atoms with Crippen LogP contribution in [-0.4, -0.2) is 30.6 Å². The highest BCUT2D eigenvalue weighted by Gasteiger charge is 2.34. The van der Waals surface area contributed by atoms with E-state index in [9.17, 15) is 4.79 Å². The van der Waals surface area contributed by atoms with E-state index in [0.717, 1.165) is 11.1 Å². The van der Waals surface area contributed by atoms with Gasteiger partial charge in [0.1, 0.15) is 0 Å². The summed E-state index contributed by atoms with van der Waals surface area (Å²) >= 11 is 0. The van der Waals surface area contributed by atoms with Crippen molar-refractivity contribution in [3.8, 4) is 0 Å². The van der Waals surface area contributed by atoms with Crippen molar-refractivity contribution in [3.05, 3.63) is 66.0 Å². The first-order chi connectivity index (χ1) is 11.7. The van der Waals surface area contributed by atoms with Crippen LogP contribution in [0.1, 0.15) is 25.0 Å². The third-order valence-electron chi connectivity index (χ3n) is 3.60. The van der Waals surface area contributed by atoms with Gasteiger partial charge in [-0.1, -0.05) is 30.3 Å². The number of carbonyl (C=O) groups excluding carboxylic acids is 1. The molecule has 0 spiro atoms. The minimum atomic E-state index is -1.00. The van der Waals surface area contributed by atoms with Gasteiger partial charge < -0.3 is 14.8 Å². The number of pyridine rings is 1. The molecule has 0 radical (unpaired) electrons. The van der Waals surface area contributed by atoms with Crippen molar-refractivity contribution in [1.29, 1.82) is 0 Å². The Hall–Kier alpha value is -2.24. The smallest absolute Gasteiger partial charge is 0.224 e. The zero-order chi connectivity index (χ0) is 17.3. The second kappa shape index (κ2) is 9.15. The van der Waals surface area contributed by atoms with Gasteiger partial charge in [0.05, 0.1) is 13.0 Å². The molecule has 0 aliphatic rings. The van der Waals surface area contributed by atoms with Crippen molar-refractivity contribution in [1.82, 2.24) is 10.3 Å². The maximum Gasteiger partial charge on any atom is 0.224 e. The van der Waals surface area contributed by atoms with Gasteiger partial charge in [0.2, 0.25) is 11.7 Å². The number of nitrogens with one attached hydrogen (secondary N) is 1. The lowest BCUT2D eigenvalue weighted by molar-refractivity contribution is -0.239. The largest absolute Gasteiger partial charge is 0.350 e. The molecule has 1 amide bonds. The third kappa shape index (κ3) is 4.88. The molecular weight excluding hydrogens is 304 g/mol. The summed E-state index contributed by atoms with van der Waals surface area (Å²) < 4.78 is 11.8. The maximum atomic E-state index is 12.3. The van der Waals surface area contributed by atoms with Crippen molar-refractivity contribution in [2.75, 3.05) is 19.8 Å². The topological polar surface area (TPSA) is 60.5 Å². The Morgan fingerprint density at radius 1 is 1.04 bits per heavy atom. The Morgan fingerprint density at radius 3 is 2.25 bits per heavy atom. The molecule has 0 aliphatic heterocycles. The number of rotatable bonds is 9. The molecule has 128 valence electrons. The Bertz CT molecular complexity index is 611. The SMILES string of the molecule is CCOC(CNC(=O)Cc1ccccc1)(OCC)c1ccncc1. The second-order valence-corrected chi connectivity index (χ2v) is 5.29. The number of benzene rings is 1. The third-order valence-corrected chi connectivity index (χ3v) is 3.60. The number of hydrogen-bond acceptors (Lipinski definition) is 4. The van der Waals surface area contributed by atoms with E-state index in [2.05, 4.69) is 10.3 Å². The van der Waals surface area contributed by atoms with Gasteiger partial charge >= 0.3 is 0 Å². The fourth-order valence-electron chi connectivity index (χ4n) is 2.54. The zero-order valence-corrected chi connectivity index (χ0v) is 14.2. The van der Waals surface area contributed by atoms with E-state index in [4.69, 9.17) is 9.47 Å². The van der Waals surface area contributed by atoms with E-state index in [0.29, 0.717) is 19.6 Å². The zero-order valence-electron chi connectivity index (χ0n) is 14.2.